The molecule has 6 nitrogen and oxygen atoms in total. The van der Waals surface area contributed by atoms with Gasteiger partial charge >= 0.3 is 0 Å². The van der Waals surface area contributed by atoms with E-state index in [0.717, 1.165) is 5.56 Å². The molecule has 0 bridgehead atoms. The molecule has 1 aliphatic rings. The number of sulfonamides is 1. The van der Waals surface area contributed by atoms with E-state index in [1.807, 2.05) is 19.9 Å². The lowest BCUT2D eigenvalue weighted by Crippen LogP contribution is -2.24. The average molecular weight is 372 g/mol. The maximum Gasteiger partial charge on any atom is 0.238 e. The Balaban J connectivity index is 1.94. The number of ketones is 2. The molecule has 3 rings (SSSR count). The fourth-order valence-electron chi connectivity index (χ4n) is 3.03. The number of hydrogen-bond acceptors (Lipinski definition) is 5. The summed E-state index contributed by atoms with van der Waals surface area (Å²) in [6, 6.07) is 11.2. The first-order valence-electron chi connectivity index (χ1n) is 8.27. The van der Waals surface area contributed by atoms with E-state index in [1.165, 1.54) is 12.1 Å². The topological polar surface area (TPSA) is 106 Å². The minimum absolute atomic E-state index is 0.0483. The fraction of sp³-hybridized carbons (Fsp3) is 0.263. The van der Waals surface area contributed by atoms with E-state index < -0.39 is 10.0 Å². The fourth-order valence-corrected chi connectivity index (χ4v) is 3.57. The van der Waals surface area contributed by atoms with Crippen molar-refractivity contribution in [3.05, 3.63) is 59.2 Å². The van der Waals surface area contributed by atoms with Gasteiger partial charge in [-0.2, -0.15) is 0 Å². The molecular formula is C19H20N2O4S. The predicted octanol–water partition coefficient (Wildman–Crippen LogP) is 2.91. The molecule has 1 atom stereocenters. The maximum absolute atomic E-state index is 12.5. The summed E-state index contributed by atoms with van der Waals surface area (Å²) in [6.45, 7) is 3.69. The van der Waals surface area contributed by atoms with Crippen LogP contribution in [0.5, 0.6) is 0 Å². The maximum atomic E-state index is 12.5. The highest BCUT2D eigenvalue weighted by atomic mass is 32.2. The second-order valence-corrected chi connectivity index (χ2v) is 8.28. The summed E-state index contributed by atoms with van der Waals surface area (Å²) >= 11 is 0. The van der Waals surface area contributed by atoms with Gasteiger partial charge in [-0.3, -0.25) is 9.59 Å². The standard InChI is InChI=1S/C19H20N2O4S/c1-11(2)19(23)13-5-3-4-12(8-13)17-10-18(22)15-9-14(26(20,24)25)6-7-16(15)21-17/h3-9,11,17,21H,10H2,1-2H3,(H2,20,24,25). The predicted molar refractivity (Wildman–Crippen MR) is 98.7 cm³/mol. The van der Waals surface area contributed by atoms with Gasteiger partial charge < -0.3 is 5.32 Å². The van der Waals surface area contributed by atoms with E-state index >= 15 is 0 Å². The van der Waals surface area contributed by atoms with Crippen LogP contribution in [0.25, 0.3) is 0 Å². The third-order valence-corrected chi connectivity index (χ3v) is 5.35. The van der Waals surface area contributed by atoms with E-state index in [-0.39, 0.29) is 34.8 Å². The lowest BCUT2D eigenvalue weighted by molar-refractivity contribution is 0.0938. The number of benzene rings is 2. The molecule has 0 saturated carbocycles. The summed E-state index contributed by atoms with van der Waals surface area (Å²) in [5.74, 6) is -0.231. The van der Waals surface area contributed by atoms with E-state index in [9.17, 15) is 18.0 Å². The van der Waals surface area contributed by atoms with Crippen LogP contribution in [-0.2, 0) is 10.0 Å². The van der Waals surface area contributed by atoms with Gasteiger partial charge in [0.25, 0.3) is 0 Å². The molecule has 26 heavy (non-hydrogen) atoms. The zero-order valence-electron chi connectivity index (χ0n) is 14.5. The number of nitrogens with two attached hydrogens (primary N) is 1. The van der Waals surface area contributed by atoms with Crippen LogP contribution >= 0.6 is 0 Å². The zero-order valence-corrected chi connectivity index (χ0v) is 15.3. The highest BCUT2D eigenvalue weighted by molar-refractivity contribution is 7.89. The summed E-state index contributed by atoms with van der Waals surface area (Å²) in [5.41, 5.74) is 2.31. The molecule has 3 N–H and O–H groups in total. The van der Waals surface area contributed by atoms with Gasteiger partial charge in [-0.1, -0.05) is 32.0 Å². The number of anilines is 1. The van der Waals surface area contributed by atoms with Gasteiger partial charge in [0.05, 0.1) is 10.9 Å². The number of Topliss-reactive ketones (excluding diaryl/α,β-unsaturated/α-hetero) is 2. The first kappa shape index (κ1) is 18.3. The Hall–Kier alpha value is -2.51. The number of carbonyl (C=O) groups excluding carboxylic acids is 2. The second-order valence-electron chi connectivity index (χ2n) is 6.72. The largest absolute Gasteiger partial charge is 0.377 e. The van der Waals surface area contributed by atoms with Crippen LogP contribution in [0.1, 0.15) is 52.6 Å². The Morgan fingerprint density at radius 1 is 1.19 bits per heavy atom. The van der Waals surface area contributed by atoms with Crippen LogP contribution in [0.3, 0.4) is 0 Å². The van der Waals surface area contributed by atoms with Crippen molar-refractivity contribution in [3.8, 4) is 0 Å². The number of rotatable bonds is 4. The molecule has 0 aliphatic carbocycles. The van der Waals surface area contributed by atoms with Crippen molar-refractivity contribution in [2.24, 2.45) is 11.1 Å². The third kappa shape index (κ3) is 3.54. The normalized spacial score (nSPS) is 16.9. The molecule has 1 aliphatic heterocycles. The molecule has 0 aromatic heterocycles. The molecule has 2 aromatic carbocycles. The van der Waals surface area contributed by atoms with Gasteiger partial charge in [-0.15, -0.1) is 0 Å². The quantitative estimate of drug-likeness (QED) is 0.803. The van der Waals surface area contributed by atoms with Gasteiger partial charge in [-0.05, 0) is 29.8 Å². The third-order valence-electron chi connectivity index (χ3n) is 4.44. The van der Waals surface area contributed by atoms with Crippen LogP contribution in [0, 0.1) is 5.92 Å². The highest BCUT2D eigenvalue weighted by Crippen LogP contribution is 2.34. The zero-order chi connectivity index (χ0) is 19.1. The minimum Gasteiger partial charge on any atom is -0.377 e. The molecule has 136 valence electrons. The Bertz CT molecular complexity index is 996. The summed E-state index contributed by atoms with van der Waals surface area (Å²) in [7, 11) is -3.87. The number of nitrogens with one attached hydrogen (secondary N) is 1. The Morgan fingerprint density at radius 2 is 1.92 bits per heavy atom. The molecule has 0 fully saturated rings. The summed E-state index contributed by atoms with van der Waals surface area (Å²) in [4.78, 5) is 24.7. The van der Waals surface area contributed by atoms with Crippen molar-refractivity contribution < 1.29 is 18.0 Å². The van der Waals surface area contributed by atoms with Crippen LogP contribution in [0.4, 0.5) is 5.69 Å². The molecule has 0 saturated heterocycles. The van der Waals surface area contributed by atoms with Crippen LogP contribution in [0.2, 0.25) is 0 Å². The SMILES string of the molecule is CC(C)C(=O)c1cccc(C2CC(=O)c3cc(S(N)(=O)=O)ccc3N2)c1. The number of carbonyl (C=O) groups is 2. The first-order chi connectivity index (χ1) is 12.2. The summed E-state index contributed by atoms with van der Waals surface area (Å²) < 4.78 is 23.0. The minimum atomic E-state index is -3.87. The van der Waals surface area contributed by atoms with E-state index in [4.69, 9.17) is 5.14 Å². The molecule has 7 heteroatoms. The number of fused-ring (bicyclic) bond motifs is 1. The molecule has 0 spiro atoms. The van der Waals surface area contributed by atoms with Crippen molar-refractivity contribution in [1.29, 1.82) is 0 Å². The van der Waals surface area contributed by atoms with Crippen LogP contribution < -0.4 is 10.5 Å². The van der Waals surface area contributed by atoms with E-state index in [0.29, 0.717) is 16.8 Å². The molecule has 0 radical (unpaired) electrons. The summed E-state index contributed by atoms with van der Waals surface area (Å²) in [6.07, 6.45) is 0.167. The Labute approximate surface area is 152 Å². The molecule has 1 heterocycles. The first-order valence-corrected chi connectivity index (χ1v) is 9.82. The lowest BCUT2D eigenvalue weighted by atomic mass is 9.90. The van der Waals surface area contributed by atoms with E-state index in [1.54, 1.807) is 24.3 Å². The van der Waals surface area contributed by atoms with Gasteiger partial charge in [0.2, 0.25) is 10.0 Å². The van der Waals surface area contributed by atoms with Gasteiger partial charge in [-0.25, -0.2) is 13.6 Å². The van der Waals surface area contributed by atoms with Crippen molar-refractivity contribution >= 4 is 27.3 Å². The Kier molecular flexibility index (Phi) is 4.68. The molecule has 2 aromatic rings. The molecule has 0 amide bonds. The van der Waals surface area contributed by atoms with Crippen molar-refractivity contribution in [1.82, 2.24) is 0 Å². The molecular weight excluding hydrogens is 352 g/mol. The molecule has 1 unspecified atom stereocenters. The monoisotopic (exact) mass is 372 g/mol. The lowest BCUT2D eigenvalue weighted by Gasteiger charge is -2.27. The smallest absolute Gasteiger partial charge is 0.238 e. The summed E-state index contributed by atoms with van der Waals surface area (Å²) in [5, 5.41) is 8.38. The van der Waals surface area contributed by atoms with E-state index in [2.05, 4.69) is 5.32 Å². The number of hydrogen-bond donors (Lipinski definition) is 2. The van der Waals surface area contributed by atoms with Gasteiger partial charge in [0, 0.05) is 29.2 Å². The van der Waals surface area contributed by atoms with Crippen LogP contribution in [0.15, 0.2) is 47.4 Å². The highest BCUT2D eigenvalue weighted by Gasteiger charge is 2.27. The van der Waals surface area contributed by atoms with Crippen LogP contribution in [-0.4, -0.2) is 20.0 Å². The van der Waals surface area contributed by atoms with Gasteiger partial charge in [0.1, 0.15) is 0 Å². The Morgan fingerprint density at radius 3 is 2.58 bits per heavy atom. The average Bonchev–Trinajstić information content (AvgIpc) is 2.60. The van der Waals surface area contributed by atoms with Gasteiger partial charge in [0.15, 0.2) is 11.6 Å². The van der Waals surface area contributed by atoms with Crippen molar-refractivity contribution in [2.45, 2.75) is 31.2 Å². The van der Waals surface area contributed by atoms with Crippen molar-refractivity contribution in [3.63, 3.8) is 0 Å². The second kappa shape index (κ2) is 6.66. The van der Waals surface area contributed by atoms with Crippen molar-refractivity contribution in [2.75, 3.05) is 5.32 Å². The number of primary sulfonamides is 1.